The van der Waals surface area contributed by atoms with Crippen LogP contribution in [0.15, 0.2) is 54.9 Å². The lowest BCUT2D eigenvalue weighted by atomic mass is 10.0. The Balaban J connectivity index is 1.43. The van der Waals surface area contributed by atoms with E-state index in [9.17, 15) is 9.59 Å². The van der Waals surface area contributed by atoms with Gasteiger partial charge in [0.15, 0.2) is 11.5 Å². The lowest BCUT2D eigenvalue weighted by Gasteiger charge is -2.25. The summed E-state index contributed by atoms with van der Waals surface area (Å²) in [6.45, 7) is 9.34. The van der Waals surface area contributed by atoms with E-state index in [-0.39, 0.29) is 25.0 Å². The third-order valence-electron chi connectivity index (χ3n) is 7.52. The molecule has 4 aromatic rings. The third-order valence-corrected chi connectivity index (χ3v) is 7.52. The summed E-state index contributed by atoms with van der Waals surface area (Å²) in [5, 5.41) is 4.17. The van der Waals surface area contributed by atoms with Crippen LogP contribution in [0.5, 0.6) is 11.5 Å². The Hall–Kier alpha value is -4.33. The number of aryl methyl sites for hydroxylation is 3. The van der Waals surface area contributed by atoms with Crippen LogP contribution in [0.25, 0.3) is 10.9 Å². The molecule has 3 heterocycles. The van der Waals surface area contributed by atoms with Gasteiger partial charge in [-0.05, 0) is 68.1 Å². The van der Waals surface area contributed by atoms with Crippen LogP contribution in [0.4, 0.5) is 5.69 Å². The van der Waals surface area contributed by atoms with E-state index in [0.29, 0.717) is 23.6 Å². The monoisotopic (exact) mass is 526 g/mol. The molecule has 5 rings (SSSR count). The van der Waals surface area contributed by atoms with Crippen LogP contribution >= 0.6 is 0 Å². The average Bonchev–Trinajstić information content (AvgIpc) is 3.52. The molecule has 1 atom stereocenters. The van der Waals surface area contributed by atoms with Gasteiger partial charge in [-0.2, -0.15) is 0 Å². The Morgan fingerprint density at radius 2 is 1.85 bits per heavy atom. The summed E-state index contributed by atoms with van der Waals surface area (Å²) >= 11 is 0. The second-order valence-corrected chi connectivity index (χ2v) is 10.0. The van der Waals surface area contributed by atoms with E-state index < -0.39 is 6.04 Å². The third kappa shape index (κ3) is 5.06. The number of pyridine rings is 1. The summed E-state index contributed by atoms with van der Waals surface area (Å²) in [6, 6.07) is 12.6. The normalized spacial score (nSPS) is 12.9. The number of ether oxygens (including phenoxy) is 2. The first-order chi connectivity index (χ1) is 18.8. The lowest BCUT2D eigenvalue weighted by molar-refractivity contribution is -0.127. The van der Waals surface area contributed by atoms with Crippen molar-refractivity contribution in [2.45, 2.75) is 53.1 Å². The van der Waals surface area contributed by atoms with E-state index in [2.05, 4.69) is 54.7 Å². The van der Waals surface area contributed by atoms with Gasteiger partial charge < -0.3 is 24.3 Å². The van der Waals surface area contributed by atoms with Crippen molar-refractivity contribution in [3.05, 3.63) is 82.8 Å². The van der Waals surface area contributed by atoms with Gasteiger partial charge in [-0.15, -0.1) is 0 Å². The van der Waals surface area contributed by atoms with Gasteiger partial charge in [0.1, 0.15) is 6.04 Å². The Morgan fingerprint density at radius 1 is 1.08 bits per heavy atom. The summed E-state index contributed by atoms with van der Waals surface area (Å²) < 4.78 is 13.2. The van der Waals surface area contributed by atoms with Crippen molar-refractivity contribution < 1.29 is 19.1 Å². The molecule has 202 valence electrons. The van der Waals surface area contributed by atoms with Crippen LogP contribution in [-0.4, -0.2) is 41.2 Å². The van der Waals surface area contributed by atoms with Crippen molar-refractivity contribution in [3.8, 4) is 11.5 Å². The molecule has 0 radical (unpaired) electrons. The number of anilines is 1. The zero-order valence-electron chi connectivity index (χ0n) is 23.1. The van der Waals surface area contributed by atoms with Crippen LogP contribution in [0.3, 0.4) is 0 Å². The summed E-state index contributed by atoms with van der Waals surface area (Å²) in [5.41, 5.74) is 7.09. The minimum absolute atomic E-state index is 0.156. The Morgan fingerprint density at radius 3 is 2.59 bits per heavy atom. The summed E-state index contributed by atoms with van der Waals surface area (Å²) in [7, 11) is 1.70. The Kier molecular flexibility index (Phi) is 7.28. The maximum Gasteiger partial charge on any atom is 0.249 e. The Labute approximate surface area is 228 Å². The first kappa shape index (κ1) is 26.3. The van der Waals surface area contributed by atoms with E-state index >= 15 is 0 Å². The van der Waals surface area contributed by atoms with Gasteiger partial charge in [0.25, 0.3) is 0 Å². The molecular weight excluding hydrogens is 492 g/mol. The van der Waals surface area contributed by atoms with Crippen LogP contribution in [0.2, 0.25) is 0 Å². The predicted octanol–water partition coefficient (Wildman–Crippen LogP) is 4.64. The van der Waals surface area contributed by atoms with Crippen LogP contribution < -0.4 is 19.7 Å². The van der Waals surface area contributed by atoms with E-state index in [1.54, 1.807) is 36.5 Å². The van der Waals surface area contributed by atoms with Crippen LogP contribution in [0, 0.1) is 20.8 Å². The van der Waals surface area contributed by atoms with Crippen molar-refractivity contribution in [1.29, 1.82) is 0 Å². The lowest BCUT2D eigenvalue weighted by Crippen LogP contribution is -2.49. The van der Waals surface area contributed by atoms with Crippen molar-refractivity contribution in [1.82, 2.24) is 14.9 Å². The molecule has 1 N–H and O–H groups in total. The van der Waals surface area contributed by atoms with Crippen molar-refractivity contribution in [3.63, 3.8) is 0 Å². The number of amides is 2. The molecule has 8 heteroatoms. The molecule has 0 saturated heterocycles. The molecule has 1 aliphatic heterocycles. The molecule has 0 spiro atoms. The highest BCUT2D eigenvalue weighted by atomic mass is 16.7. The number of hydrogen-bond donors (Lipinski definition) is 1. The number of aromatic nitrogens is 2. The van der Waals surface area contributed by atoms with Gasteiger partial charge in [-0.3, -0.25) is 14.6 Å². The molecule has 2 aromatic carbocycles. The van der Waals surface area contributed by atoms with Gasteiger partial charge in [-0.1, -0.05) is 18.2 Å². The number of likely N-dealkylation sites (N-methyl/N-ethyl adjacent to an activating group) is 1. The zero-order valence-corrected chi connectivity index (χ0v) is 23.1. The highest BCUT2D eigenvalue weighted by Crippen LogP contribution is 2.35. The number of nitrogens with zero attached hydrogens (tertiary/aromatic N) is 3. The van der Waals surface area contributed by atoms with E-state index in [0.717, 1.165) is 34.3 Å². The number of rotatable bonds is 8. The van der Waals surface area contributed by atoms with Gasteiger partial charge in [0.05, 0.1) is 11.9 Å². The minimum Gasteiger partial charge on any atom is -0.454 e. The number of carbonyl (C=O) groups excluding carboxylic acids is 2. The number of nitrogens with one attached hydrogen (secondary N) is 1. The fourth-order valence-electron chi connectivity index (χ4n) is 5.46. The zero-order chi connectivity index (χ0) is 27.7. The summed E-state index contributed by atoms with van der Waals surface area (Å²) in [6.07, 6.45) is 3.91. The maximum atomic E-state index is 13.8. The largest absolute Gasteiger partial charge is 0.454 e. The second-order valence-electron chi connectivity index (χ2n) is 10.0. The van der Waals surface area contributed by atoms with E-state index in [1.807, 2.05) is 18.2 Å². The molecule has 2 aromatic heterocycles. The summed E-state index contributed by atoms with van der Waals surface area (Å²) in [4.78, 5) is 33.1. The predicted molar refractivity (Wildman–Crippen MR) is 151 cm³/mol. The van der Waals surface area contributed by atoms with Crippen LogP contribution in [-0.2, 0) is 29.0 Å². The van der Waals surface area contributed by atoms with E-state index in [4.69, 9.17) is 9.47 Å². The number of hydrogen-bond acceptors (Lipinski definition) is 5. The molecule has 0 aliphatic carbocycles. The average molecular weight is 527 g/mol. The molecule has 8 nitrogen and oxygen atoms in total. The number of fused-ring (bicyclic) bond motifs is 2. The molecule has 0 saturated carbocycles. The SMILES string of the molecule is CCn1c(C)c(CC(=O)N[C@@H](Cc2cccnc2)C(=O)N(C)c2ccc3c(c2)OCO3)c2c(C)ccc(C)c21. The molecule has 0 unspecified atom stereocenters. The highest BCUT2D eigenvalue weighted by Gasteiger charge is 2.28. The van der Waals surface area contributed by atoms with Gasteiger partial charge in [0.2, 0.25) is 18.6 Å². The fraction of sp³-hybridized carbons (Fsp3) is 0.323. The molecular formula is C31H34N4O4. The first-order valence-corrected chi connectivity index (χ1v) is 13.2. The van der Waals surface area contributed by atoms with Gasteiger partial charge >= 0.3 is 0 Å². The van der Waals surface area contributed by atoms with Crippen LogP contribution in [0.1, 0.15) is 34.9 Å². The molecule has 1 aliphatic rings. The summed E-state index contributed by atoms with van der Waals surface area (Å²) in [5.74, 6) is 0.807. The molecule has 39 heavy (non-hydrogen) atoms. The number of benzene rings is 2. The van der Waals surface area contributed by atoms with Crippen molar-refractivity contribution >= 4 is 28.4 Å². The second kappa shape index (κ2) is 10.8. The molecule has 2 amide bonds. The first-order valence-electron chi connectivity index (χ1n) is 13.2. The maximum absolute atomic E-state index is 13.8. The van der Waals surface area contributed by atoms with Gasteiger partial charge in [-0.25, -0.2) is 0 Å². The fourth-order valence-corrected chi connectivity index (χ4v) is 5.46. The quantitative estimate of drug-likeness (QED) is 0.362. The molecule has 0 bridgehead atoms. The molecule has 0 fully saturated rings. The number of carbonyl (C=O) groups is 2. The minimum atomic E-state index is -0.778. The smallest absolute Gasteiger partial charge is 0.249 e. The van der Waals surface area contributed by atoms with E-state index in [1.165, 1.54) is 11.1 Å². The van der Waals surface area contributed by atoms with Gasteiger partial charge in [0, 0.05) is 55.2 Å². The van der Waals surface area contributed by atoms with Crippen molar-refractivity contribution in [2.24, 2.45) is 0 Å². The van der Waals surface area contributed by atoms with Crippen molar-refractivity contribution in [2.75, 3.05) is 18.7 Å². The Bertz CT molecular complexity index is 1540. The highest BCUT2D eigenvalue weighted by molar-refractivity contribution is 6.00. The topological polar surface area (TPSA) is 85.7 Å². The standard InChI is InChI=1S/C31H34N4O4/c1-6-35-21(4)24(29-19(2)9-10-20(3)30(29)35)16-28(36)33-25(14-22-8-7-13-32-17-22)31(37)34(5)23-11-12-26-27(15-23)39-18-38-26/h7-13,15,17,25H,6,14,16,18H2,1-5H3,(H,33,36)/t25-/m0/s1.